The van der Waals surface area contributed by atoms with Crippen LogP contribution in [-0.2, 0) is 9.26 Å². The zero-order valence-electron chi connectivity index (χ0n) is 20.3. The monoisotopic (exact) mass is 612 g/mol. The molecule has 0 spiro atoms. The number of aliphatic hydroxyl groups is 2. The summed E-state index contributed by atoms with van der Waals surface area (Å²) in [6.07, 6.45) is 5.36. The Labute approximate surface area is 223 Å². The van der Waals surface area contributed by atoms with Gasteiger partial charge in [-0.15, -0.1) is 0 Å². The summed E-state index contributed by atoms with van der Waals surface area (Å²) in [5.41, 5.74) is 3.34. The van der Waals surface area contributed by atoms with Gasteiger partial charge < -0.3 is 34.4 Å². The third kappa shape index (κ3) is 9.26. The molecule has 7 nitrogen and oxygen atoms in total. The SMILES string of the molecule is CC(OPI)C1NC=CN1CC#Cc1ccc(-c2ccc(OC3CCOC3)cc2)cc1.CO.CO. The molecule has 2 aromatic carbocycles. The number of nitrogens with one attached hydrogen (secondary N) is 1. The molecule has 0 radical (unpaired) electrons. The van der Waals surface area contributed by atoms with Gasteiger partial charge in [0.1, 0.15) is 18.0 Å². The van der Waals surface area contributed by atoms with Crippen molar-refractivity contribution in [1.82, 2.24) is 10.2 Å². The standard InChI is InChI=1S/C24H26IN2O3P.2CH4O/c1-18(30-31-25)24-26-13-15-27(24)14-2-3-19-4-6-20(7-5-19)21-8-10-22(11-9-21)29-23-12-16-28-17-23;2*1-2/h4-11,13,15,18,23-24,26,31H,12,14,16-17H2,1H3;2*2H,1H3. The number of nitrogens with zero attached hydrogens (tertiary/aromatic N) is 1. The molecule has 190 valence electrons. The van der Waals surface area contributed by atoms with Gasteiger partial charge in [0, 0.05) is 38.6 Å². The van der Waals surface area contributed by atoms with E-state index in [1.54, 1.807) is 0 Å². The van der Waals surface area contributed by atoms with Gasteiger partial charge in [0.25, 0.3) is 0 Å². The van der Waals surface area contributed by atoms with Crippen LogP contribution in [0.25, 0.3) is 11.1 Å². The highest BCUT2D eigenvalue weighted by molar-refractivity contribution is 14.2. The molecule has 3 N–H and O–H groups in total. The van der Waals surface area contributed by atoms with E-state index in [0.29, 0.717) is 19.6 Å². The number of hydrogen-bond donors (Lipinski definition) is 3. The second-order valence-electron chi connectivity index (χ2n) is 7.51. The zero-order chi connectivity index (χ0) is 25.5. The molecule has 2 aromatic rings. The fourth-order valence-corrected chi connectivity index (χ4v) is 5.09. The summed E-state index contributed by atoms with van der Waals surface area (Å²) in [5, 5.41) is 17.3. The number of benzene rings is 2. The van der Waals surface area contributed by atoms with Crippen molar-refractivity contribution in [2.45, 2.75) is 31.7 Å². The number of ether oxygens (including phenoxy) is 2. The van der Waals surface area contributed by atoms with Gasteiger partial charge >= 0.3 is 0 Å². The van der Waals surface area contributed by atoms with Gasteiger partial charge in [0.2, 0.25) is 0 Å². The molecule has 4 rings (SSSR count). The Hall–Kier alpha value is -1.86. The lowest BCUT2D eigenvalue weighted by atomic mass is 10.0. The minimum absolute atomic E-state index is 0.106. The fourth-order valence-electron chi connectivity index (χ4n) is 3.62. The van der Waals surface area contributed by atoms with E-state index in [2.05, 4.69) is 87.4 Å². The van der Waals surface area contributed by atoms with Crippen LogP contribution in [0.2, 0.25) is 0 Å². The molecular formula is C26H34IN2O5P. The Kier molecular flexibility index (Phi) is 14.1. The van der Waals surface area contributed by atoms with Gasteiger partial charge in [-0.1, -0.05) is 36.1 Å². The van der Waals surface area contributed by atoms with Crippen LogP contribution in [-0.4, -0.2) is 67.5 Å². The average Bonchev–Trinajstić information content (AvgIpc) is 3.60. The fraction of sp³-hybridized carbons (Fsp3) is 0.385. The minimum Gasteiger partial charge on any atom is -0.488 e. The van der Waals surface area contributed by atoms with E-state index >= 15 is 0 Å². The molecule has 4 atom stereocenters. The quantitative estimate of drug-likeness (QED) is 0.247. The Morgan fingerprint density at radius 3 is 2.37 bits per heavy atom. The minimum atomic E-state index is 0.106. The summed E-state index contributed by atoms with van der Waals surface area (Å²) in [5.74, 6) is 7.43. The maximum atomic E-state index is 7.00. The van der Waals surface area contributed by atoms with Crippen LogP contribution in [0.3, 0.4) is 0 Å². The lowest BCUT2D eigenvalue weighted by Crippen LogP contribution is -2.44. The Balaban J connectivity index is 0.00000103. The maximum absolute atomic E-state index is 7.00. The highest BCUT2D eigenvalue weighted by Crippen LogP contribution is 2.27. The van der Waals surface area contributed by atoms with E-state index in [4.69, 9.17) is 24.2 Å². The van der Waals surface area contributed by atoms with Crippen molar-refractivity contribution in [1.29, 1.82) is 0 Å². The molecule has 0 amide bonds. The Morgan fingerprint density at radius 1 is 1.11 bits per heavy atom. The van der Waals surface area contributed by atoms with Gasteiger partial charge in [-0.3, -0.25) is 0 Å². The van der Waals surface area contributed by atoms with E-state index in [1.165, 1.54) is 5.56 Å². The van der Waals surface area contributed by atoms with Gasteiger partial charge in [-0.2, -0.15) is 0 Å². The van der Waals surface area contributed by atoms with E-state index in [-0.39, 0.29) is 18.4 Å². The second-order valence-corrected chi connectivity index (χ2v) is 9.22. The van der Waals surface area contributed by atoms with E-state index < -0.39 is 0 Å². The first kappa shape index (κ1) is 29.4. The molecule has 9 heteroatoms. The number of aliphatic hydroxyl groups excluding tert-OH is 2. The first-order chi connectivity index (χ1) is 17.2. The molecule has 2 aliphatic heterocycles. The van der Waals surface area contributed by atoms with Crippen LogP contribution < -0.4 is 10.1 Å². The summed E-state index contributed by atoms with van der Waals surface area (Å²) in [6, 6.07) is 16.6. The molecule has 35 heavy (non-hydrogen) atoms. The van der Waals surface area contributed by atoms with Gasteiger partial charge in [0.15, 0.2) is 0 Å². The normalized spacial score (nSPS) is 19.1. The zero-order valence-corrected chi connectivity index (χ0v) is 23.4. The van der Waals surface area contributed by atoms with Crippen LogP contribution in [0.4, 0.5) is 0 Å². The Bertz CT molecular complexity index is 941. The third-order valence-electron chi connectivity index (χ3n) is 5.32. The second kappa shape index (κ2) is 16.7. The highest BCUT2D eigenvalue weighted by atomic mass is 127. The highest BCUT2D eigenvalue weighted by Gasteiger charge is 2.24. The number of hydrogen-bond acceptors (Lipinski definition) is 7. The molecule has 1 saturated heterocycles. The van der Waals surface area contributed by atoms with Crippen LogP contribution in [0.5, 0.6) is 5.75 Å². The van der Waals surface area contributed by atoms with Crippen molar-refractivity contribution in [3.63, 3.8) is 0 Å². The van der Waals surface area contributed by atoms with Crippen LogP contribution in [0, 0.1) is 11.8 Å². The third-order valence-corrected chi connectivity index (χ3v) is 6.55. The smallest absolute Gasteiger partial charge is 0.126 e. The number of rotatable bonds is 7. The lowest BCUT2D eigenvalue weighted by Gasteiger charge is -2.28. The molecule has 2 heterocycles. The summed E-state index contributed by atoms with van der Waals surface area (Å²) < 4.78 is 17.0. The van der Waals surface area contributed by atoms with E-state index in [0.717, 1.165) is 44.1 Å². The van der Waals surface area contributed by atoms with Crippen molar-refractivity contribution in [2.24, 2.45) is 0 Å². The predicted octanol–water partition coefficient (Wildman–Crippen LogP) is 4.14. The van der Waals surface area contributed by atoms with E-state index in [9.17, 15) is 0 Å². The molecule has 4 unspecified atom stereocenters. The summed E-state index contributed by atoms with van der Waals surface area (Å²) in [6.45, 7) is 4.65. The van der Waals surface area contributed by atoms with Crippen molar-refractivity contribution < 1.29 is 24.2 Å². The average molecular weight is 612 g/mol. The van der Waals surface area contributed by atoms with Gasteiger partial charge in [-0.25, -0.2) is 0 Å². The molecule has 1 fully saturated rings. The van der Waals surface area contributed by atoms with Crippen LogP contribution >= 0.6 is 28.5 Å². The van der Waals surface area contributed by atoms with Crippen molar-refractivity contribution in [2.75, 3.05) is 34.0 Å². The Morgan fingerprint density at radius 2 is 1.77 bits per heavy atom. The van der Waals surface area contributed by atoms with Gasteiger partial charge in [0.05, 0.1) is 32.3 Å². The molecule has 0 aromatic heterocycles. The molecule has 0 aliphatic carbocycles. The maximum Gasteiger partial charge on any atom is 0.126 e. The van der Waals surface area contributed by atoms with Crippen molar-refractivity contribution >= 4 is 28.5 Å². The lowest BCUT2D eigenvalue weighted by molar-refractivity contribution is 0.132. The van der Waals surface area contributed by atoms with E-state index in [1.807, 2.05) is 24.5 Å². The van der Waals surface area contributed by atoms with Crippen LogP contribution in [0.15, 0.2) is 60.9 Å². The largest absolute Gasteiger partial charge is 0.488 e. The summed E-state index contributed by atoms with van der Waals surface area (Å²) in [7, 11) is 2.00. The summed E-state index contributed by atoms with van der Waals surface area (Å²) >= 11 is 2.25. The van der Waals surface area contributed by atoms with Crippen molar-refractivity contribution in [3.8, 4) is 28.7 Å². The first-order valence-electron chi connectivity index (χ1n) is 11.3. The predicted molar refractivity (Wildman–Crippen MR) is 151 cm³/mol. The number of halogens is 1. The molecule has 2 aliphatic rings. The van der Waals surface area contributed by atoms with Gasteiger partial charge in [-0.05, 0) is 64.4 Å². The summed E-state index contributed by atoms with van der Waals surface area (Å²) in [4.78, 5) is 2.17. The molecule has 0 saturated carbocycles. The molecular weight excluding hydrogens is 578 g/mol. The molecule has 0 bridgehead atoms. The van der Waals surface area contributed by atoms with Crippen molar-refractivity contribution in [3.05, 3.63) is 66.5 Å². The van der Waals surface area contributed by atoms with Crippen LogP contribution in [0.1, 0.15) is 18.9 Å². The topological polar surface area (TPSA) is 83.4 Å². The first-order valence-corrected chi connectivity index (χ1v) is 15.3.